The fourth-order valence-electron chi connectivity index (χ4n) is 1.39. The van der Waals surface area contributed by atoms with E-state index in [-0.39, 0.29) is 0 Å². The molecule has 2 nitrogen and oxygen atoms in total. The van der Waals surface area contributed by atoms with Crippen molar-refractivity contribution in [1.29, 1.82) is 0 Å². The summed E-state index contributed by atoms with van der Waals surface area (Å²) in [5, 5.41) is 3.97. The number of hydrogen-bond acceptors (Lipinski definition) is 3. The SMILES string of the molecule is CC.CCC1Nc2ccc(OC)cc2S1. The van der Waals surface area contributed by atoms with E-state index in [0.717, 1.165) is 12.2 Å². The molecule has 1 atom stereocenters. The summed E-state index contributed by atoms with van der Waals surface area (Å²) in [7, 11) is 1.70. The molecule has 0 aromatic heterocycles. The second kappa shape index (κ2) is 5.91. The molecule has 0 fully saturated rings. The van der Waals surface area contributed by atoms with Gasteiger partial charge in [0.05, 0.1) is 12.5 Å². The number of fused-ring (bicyclic) bond motifs is 1. The summed E-state index contributed by atoms with van der Waals surface area (Å²) in [6, 6.07) is 6.16. The lowest BCUT2D eigenvalue weighted by molar-refractivity contribution is 0.414. The number of methoxy groups -OCH3 is 1. The van der Waals surface area contributed by atoms with Crippen LogP contribution < -0.4 is 10.1 Å². The first-order valence-electron chi connectivity index (χ1n) is 5.44. The Morgan fingerprint density at radius 3 is 2.73 bits per heavy atom. The number of rotatable bonds is 2. The van der Waals surface area contributed by atoms with E-state index >= 15 is 0 Å². The highest BCUT2D eigenvalue weighted by molar-refractivity contribution is 8.00. The molecular weight excluding hydrogens is 206 g/mol. The number of nitrogens with one attached hydrogen (secondary N) is 1. The van der Waals surface area contributed by atoms with Gasteiger partial charge < -0.3 is 10.1 Å². The Bertz CT molecular complexity index is 314. The minimum Gasteiger partial charge on any atom is -0.497 e. The second-order valence-corrected chi connectivity index (χ2v) is 4.27. The van der Waals surface area contributed by atoms with Crippen molar-refractivity contribution in [2.45, 2.75) is 37.5 Å². The topological polar surface area (TPSA) is 21.3 Å². The molecule has 1 aliphatic heterocycles. The van der Waals surface area contributed by atoms with Crippen molar-refractivity contribution >= 4 is 17.4 Å². The smallest absolute Gasteiger partial charge is 0.120 e. The molecule has 1 N–H and O–H groups in total. The van der Waals surface area contributed by atoms with E-state index in [9.17, 15) is 0 Å². The molecule has 3 heteroatoms. The molecule has 1 aromatic rings. The van der Waals surface area contributed by atoms with Gasteiger partial charge in [-0.25, -0.2) is 0 Å². The van der Waals surface area contributed by atoms with Gasteiger partial charge in [0.1, 0.15) is 5.75 Å². The lowest BCUT2D eigenvalue weighted by Gasteiger charge is -2.04. The third kappa shape index (κ3) is 2.81. The number of thioether (sulfide) groups is 1. The van der Waals surface area contributed by atoms with Crippen LogP contribution >= 0.6 is 11.8 Å². The Hall–Kier alpha value is -0.830. The standard InChI is InChI=1S/C10H13NOS.C2H6/c1-3-10-11-8-5-4-7(12-2)6-9(8)13-10;1-2/h4-6,10-11H,3H2,1-2H3;1-2H3. The molecule has 15 heavy (non-hydrogen) atoms. The van der Waals surface area contributed by atoms with Crippen LogP contribution in [0.25, 0.3) is 0 Å². The van der Waals surface area contributed by atoms with Crippen LogP contribution in [0.2, 0.25) is 0 Å². The fourth-order valence-corrected chi connectivity index (χ4v) is 2.49. The van der Waals surface area contributed by atoms with Gasteiger partial charge in [0.15, 0.2) is 0 Å². The molecule has 1 unspecified atom stereocenters. The number of ether oxygens (including phenoxy) is 1. The molecule has 0 radical (unpaired) electrons. The lowest BCUT2D eigenvalue weighted by atomic mass is 10.3. The van der Waals surface area contributed by atoms with E-state index < -0.39 is 0 Å². The van der Waals surface area contributed by atoms with Crippen LogP contribution in [0.1, 0.15) is 27.2 Å². The zero-order valence-electron chi connectivity index (χ0n) is 9.83. The first-order chi connectivity index (χ1) is 7.33. The molecule has 1 aliphatic rings. The summed E-state index contributed by atoms with van der Waals surface area (Å²) in [5.41, 5.74) is 1.23. The molecule has 0 spiro atoms. The normalized spacial score (nSPS) is 17.2. The lowest BCUT2D eigenvalue weighted by Crippen LogP contribution is -2.06. The van der Waals surface area contributed by atoms with Gasteiger partial charge in [-0.2, -0.15) is 0 Å². The number of benzene rings is 1. The Morgan fingerprint density at radius 2 is 2.13 bits per heavy atom. The van der Waals surface area contributed by atoms with Crippen molar-refractivity contribution in [3.05, 3.63) is 18.2 Å². The zero-order chi connectivity index (χ0) is 11.3. The molecule has 0 saturated carbocycles. The molecule has 0 aliphatic carbocycles. The number of hydrogen-bond donors (Lipinski definition) is 1. The Kier molecular flexibility index (Phi) is 4.82. The maximum absolute atomic E-state index is 5.17. The van der Waals surface area contributed by atoms with E-state index in [1.54, 1.807) is 7.11 Å². The van der Waals surface area contributed by atoms with Crippen LogP contribution in [0.3, 0.4) is 0 Å². The van der Waals surface area contributed by atoms with E-state index in [0.29, 0.717) is 5.37 Å². The van der Waals surface area contributed by atoms with E-state index in [1.807, 2.05) is 31.7 Å². The quantitative estimate of drug-likeness (QED) is 0.822. The molecule has 0 amide bonds. The summed E-state index contributed by atoms with van der Waals surface area (Å²) >= 11 is 1.87. The van der Waals surface area contributed by atoms with Crippen LogP contribution in [-0.2, 0) is 0 Å². The summed E-state index contributed by atoms with van der Waals surface area (Å²) in [6.45, 7) is 6.19. The predicted octanol–water partition coefficient (Wildman–Crippen LogP) is 3.98. The minimum absolute atomic E-state index is 0.530. The van der Waals surface area contributed by atoms with Gasteiger partial charge in [-0.3, -0.25) is 0 Å². The highest BCUT2D eigenvalue weighted by Crippen LogP contribution is 2.41. The van der Waals surface area contributed by atoms with E-state index in [1.165, 1.54) is 10.6 Å². The van der Waals surface area contributed by atoms with Gasteiger partial charge in [-0.1, -0.05) is 32.5 Å². The maximum Gasteiger partial charge on any atom is 0.120 e. The van der Waals surface area contributed by atoms with Crippen LogP contribution in [0.5, 0.6) is 5.75 Å². The van der Waals surface area contributed by atoms with E-state index in [4.69, 9.17) is 4.74 Å². The molecule has 0 bridgehead atoms. The predicted molar refractivity (Wildman–Crippen MR) is 67.9 cm³/mol. The Balaban J connectivity index is 0.000000531. The highest BCUT2D eigenvalue weighted by atomic mass is 32.2. The van der Waals surface area contributed by atoms with Gasteiger partial charge in [-0.05, 0) is 24.6 Å². The van der Waals surface area contributed by atoms with Crippen LogP contribution in [0.4, 0.5) is 5.69 Å². The van der Waals surface area contributed by atoms with Crippen molar-refractivity contribution in [1.82, 2.24) is 0 Å². The fraction of sp³-hybridized carbons (Fsp3) is 0.500. The highest BCUT2D eigenvalue weighted by Gasteiger charge is 2.19. The average molecular weight is 225 g/mol. The molecule has 0 saturated heterocycles. The summed E-state index contributed by atoms with van der Waals surface area (Å²) in [4.78, 5) is 1.30. The van der Waals surface area contributed by atoms with Crippen LogP contribution in [0, 0.1) is 0 Å². The zero-order valence-corrected chi connectivity index (χ0v) is 10.6. The minimum atomic E-state index is 0.530. The Morgan fingerprint density at radius 1 is 1.40 bits per heavy atom. The van der Waals surface area contributed by atoms with Gasteiger partial charge in [0, 0.05) is 10.6 Å². The monoisotopic (exact) mass is 225 g/mol. The third-order valence-corrected chi connectivity index (χ3v) is 3.47. The molecule has 1 aromatic carbocycles. The summed E-state index contributed by atoms with van der Waals surface area (Å²) in [5.74, 6) is 0.935. The van der Waals surface area contributed by atoms with Gasteiger partial charge in [0.25, 0.3) is 0 Å². The molecule has 1 heterocycles. The van der Waals surface area contributed by atoms with E-state index in [2.05, 4.69) is 24.4 Å². The van der Waals surface area contributed by atoms with Crippen molar-refractivity contribution in [3.8, 4) is 5.75 Å². The average Bonchev–Trinajstić information content (AvgIpc) is 2.73. The van der Waals surface area contributed by atoms with Crippen molar-refractivity contribution in [2.24, 2.45) is 0 Å². The molecular formula is C12H19NOS. The first kappa shape index (κ1) is 12.2. The third-order valence-electron chi connectivity index (χ3n) is 2.15. The van der Waals surface area contributed by atoms with Gasteiger partial charge >= 0.3 is 0 Å². The van der Waals surface area contributed by atoms with Gasteiger partial charge in [0.2, 0.25) is 0 Å². The van der Waals surface area contributed by atoms with Crippen molar-refractivity contribution < 1.29 is 4.74 Å². The summed E-state index contributed by atoms with van der Waals surface area (Å²) in [6.07, 6.45) is 1.14. The Labute approximate surface area is 96.4 Å². The van der Waals surface area contributed by atoms with Crippen LogP contribution in [0.15, 0.2) is 23.1 Å². The maximum atomic E-state index is 5.17. The summed E-state index contributed by atoms with van der Waals surface area (Å²) < 4.78 is 5.17. The van der Waals surface area contributed by atoms with Gasteiger partial charge in [-0.15, -0.1) is 0 Å². The molecule has 2 rings (SSSR count). The second-order valence-electron chi connectivity index (χ2n) is 3.02. The molecule has 84 valence electrons. The largest absolute Gasteiger partial charge is 0.497 e. The number of anilines is 1. The van der Waals surface area contributed by atoms with Crippen LogP contribution in [-0.4, -0.2) is 12.5 Å². The first-order valence-corrected chi connectivity index (χ1v) is 6.32. The van der Waals surface area contributed by atoms with Crippen molar-refractivity contribution in [2.75, 3.05) is 12.4 Å². The van der Waals surface area contributed by atoms with Crippen molar-refractivity contribution in [3.63, 3.8) is 0 Å².